The van der Waals surface area contributed by atoms with Crippen LogP contribution in [0.4, 0.5) is 0 Å². The number of hydrogen-bond acceptors (Lipinski definition) is 6. The van der Waals surface area contributed by atoms with Gasteiger partial charge in [-0.25, -0.2) is 9.67 Å². The largest absolute Gasteiger partial charge is 0.486 e. The predicted octanol–water partition coefficient (Wildman–Crippen LogP) is 2.39. The van der Waals surface area contributed by atoms with Crippen LogP contribution < -0.4 is 9.47 Å². The van der Waals surface area contributed by atoms with Crippen molar-refractivity contribution in [3.05, 3.63) is 24.0 Å². The molecule has 1 aliphatic heterocycles. The molecule has 0 spiro atoms. The van der Waals surface area contributed by atoms with E-state index in [1.165, 1.54) is 0 Å². The Labute approximate surface area is 146 Å². The summed E-state index contributed by atoms with van der Waals surface area (Å²) in [6.45, 7) is 3.52. The summed E-state index contributed by atoms with van der Waals surface area (Å²) >= 11 is 1.77. The summed E-state index contributed by atoms with van der Waals surface area (Å²) in [5.74, 6) is 4.02. The van der Waals surface area contributed by atoms with Crippen molar-refractivity contribution in [2.45, 2.75) is 32.4 Å². The molecule has 6 nitrogen and oxygen atoms in total. The summed E-state index contributed by atoms with van der Waals surface area (Å²) < 4.78 is 13.0. The van der Waals surface area contributed by atoms with E-state index in [2.05, 4.69) is 16.3 Å². The van der Waals surface area contributed by atoms with Gasteiger partial charge in [0, 0.05) is 17.7 Å². The molecule has 2 aromatic rings. The molecular weight excluding hydrogens is 326 g/mol. The highest BCUT2D eigenvalue weighted by Gasteiger charge is 2.18. The van der Waals surface area contributed by atoms with Crippen molar-refractivity contribution in [3.8, 4) is 22.9 Å². The Morgan fingerprint density at radius 3 is 2.83 bits per heavy atom. The molecule has 1 aromatic heterocycles. The fraction of sp³-hybridized carbons (Fsp3) is 0.529. The minimum Gasteiger partial charge on any atom is -0.486 e. The van der Waals surface area contributed by atoms with Crippen molar-refractivity contribution >= 4 is 11.8 Å². The number of ether oxygens (including phenoxy) is 2. The van der Waals surface area contributed by atoms with Gasteiger partial charge in [-0.05, 0) is 30.9 Å². The molecule has 0 amide bonds. The van der Waals surface area contributed by atoms with Crippen LogP contribution in [0.1, 0.15) is 19.2 Å². The lowest BCUT2D eigenvalue weighted by molar-refractivity contribution is 0.145. The van der Waals surface area contributed by atoms with E-state index in [-0.39, 0.29) is 0 Å². The van der Waals surface area contributed by atoms with Gasteiger partial charge in [0.05, 0.1) is 12.6 Å². The van der Waals surface area contributed by atoms with Crippen molar-refractivity contribution in [2.75, 3.05) is 25.2 Å². The number of thioether (sulfide) groups is 1. The van der Waals surface area contributed by atoms with Crippen LogP contribution in [-0.2, 0) is 13.0 Å². The average molecular weight is 349 g/mol. The van der Waals surface area contributed by atoms with Crippen LogP contribution in [0.25, 0.3) is 11.4 Å². The molecular formula is C17H23N3O3S. The van der Waals surface area contributed by atoms with Gasteiger partial charge in [0.2, 0.25) is 0 Å². The van der Waals surface area contributed by atoms with Gasteiger partial charge in [0.25, 0.3) is 0 Å². The first-order valence-electron chi connectivity index (χ1n) is 8.22. The van der Waals surface area contributed by atoms with Crippen LogP contribution in [0.3, 0.4) is 0 Å². The minimum atomic E-state index is -0.434. The van der Waals surface area contributed by atoms with E-state index in [4.69, 9.17) is 9.47 Å². The molecule has 1 N–H and O–H groups in total. The highest BCUT2D eigenvalue weighted by atomic mass is 32.2. The third kappa shape index (κ3) is 3.84. The minimum absolute atomic E-state index is 0.434. The van der Waals surface area contributed by atoms with Crippen molar-refractivity contribution < 1.29 is 14.6 Å². The molecule has 0 aliphatic carbocycles. The molecule has 2 heterocycles. The number of aliphatic hydroxyl groups excluding tert-OH is 1. The van der Waals surface area contributed by atoms with Crippen molar-refractivity contribution in [2.24, 2.45) is 0 Å². The van der Waals surface area contributed by atoms with Gasteiger partial charge in [-0.1, -0.05) is 6.92 Å². The Balaban J connectivity index is 1.93. The summed E-state index contributed by atoms with van der Waals surface area (Å²) in [5, 5.41) is 14.6. The molecule has 0 unspecified atom stereocenters. The Hall–Kier alpha value is -1.73. The monoisotopic (exact) mass is 349 g/mol. The Morgan fingerprint density at radius 1 is 1.29 bits per heavy atom. The molecule has 7 heteroatoms. The molecule has 0 saturated carbocycles. The Morgan fingerprint density at radius 2 is 2.08 bits per heavy atom. The van der Waals surface area contributed by atoms with Crippen LogP contribution in [0.15, 0.2) is 18.2 Å². The molecule has 24 heavy (non-hydrogen) atoms. The molecule has 1 atom stereocenters. The Kier molecular flexibility index (Phi) is 5.63. The van der Waals surface area contributed by atoms with Gasteiger partial charge in [0.15, 0.2) is 23.1 Å². The second-order valence-electron chi connectivity index (χ2n) is 5.70. The highest BCUT2D eigenvalue weighted by Crippen LogP contribution is 2.34. The molecule has 1 aliphatic rings. The third-order valence-corrected chi connectivity index (χ3v) is 4.51. The molecule has 0 saturated heterocycles. The van der Waals surface area contributed by atoms with Gasteiger partial charge in [-0.15, -0.1) is 0 Å². The second-order valence-corrected chi connectivity index (χ2v) is 6.68. The summed E-state index contributed by atoms with van der Waals surface area (Å²) in [5.41, 5.74) is 0.922. The standard InChI is InChI=1S/C17H23N3O3S/c1-3-13(21)11-20-17(18-16(19-20)6-9-24-2)12-4-5-14-15(10-12)23-8-7-22-14/h4-5,10,13,21H,3,6-9,11H2,1-2H3/t13-/m0/s1. The van der Waals surface area contributed by atoms with E-state index in [0.717, 1.165) is 40.9 Å². The topological polar surface area (TPSA) is 69.4 Å². The van der Waals surface area contributed by atoms with Crippen LogP contribution >= 0.6 is 11.8 Å². The first-order valence-corrected chi connectivity index (χ1v) is 9.61. The lowest BCUT2D eigenvalue weighted by atomic mass is 10.1. The van der Waals surface area contributed by atoms with E-state index in [1.807, 2.05) is 25.1 Å². The maximum absolute atomic E-state index is 10.0. The highest BCUT2D eigenvalue weighted by molar-refractivity contribution is 7.98. The van der Waals surface area contributed by atoms with Gasteiger partial charge in [0.1, 0.15) is 13.2 Å². The van der Waals surface area contributed by atoms with E-state index >= 15 is 0 Å². The zero-order valence-corrected chi connectivity index (χ0v) is 14.9. The first-order chi connectivity index (χ1) is 11.7. The maximum Gasteiger partial charge on any atom is 0.162 e. The van der Waals surface area contributed by atoms with Gasteiger partial charge in [-0.2, -0.15) is 16.9 Å². The van der Waals surface area contributed by atoms with Crippen molar-refractivity contribution in [1.29, 1.82) is 0 Å². The van der Waals surface area contributed by atoms with Crippen LogP contribution in [0.5, 0.6) is 11.5 Å². The zero-order valence-electron chi connectivity index (χ0n) is 14.1. The smallest absolute Gasteiger partial charge is 0.162 e. The first kappa shape index (κ1) is 17.1. The van der Waals surface area contributed by atoms with E-state index in [9.17, 15) is 5.11 Å². The van der Waals surface area contributed by atoms with E-state index in [0.29, 0.717) is 26.2 Å². The van der Waals surface area contributed by atoms with Crippen LogP contribution in [-0.4, -0.2) is 51.2 Å². The number of aromatic nitrogens is 3. The van der Waals surface area contributed by atoms with Gasteiger partial charge >= 0.3 is 0 Å². The molecule has 0 bridgehead atoms. The summed E-state index contributed by atoms with van der Waals surface area (Å²) in [6.07, 6.45) is 3.13. The average Bonchev–Trinajstić information content (AvgIpc) is 3.02. The number of benzene rings is 1. The van der Waals surface area contributed by atoms with Gasteiger partial charge < -0.3 is 14.6 Å². The molecule has 3 rings (SSSR count). The second kappa shape index (κ2) is 7.90. The van der Waals surface area contributed by atoms with E-state index < -0.39 is 6.10 Å². The number of hydrogen-bond donors (Lipinski definition) is 1. The number of aryl methyl sites for hydroxylation is 1. The lowest BCUT2D eigenvalue weighted by Gasteiger charge is -2.19. The normalized spacial score (nSPS) is 14.6. The summed E-state index contributed by atoms with van der Waals surface area (Å²) in [7, 11) is 0. The van der Waals surface area contributed by atoms with Crippen molar-refractivity contribution in [1.82, 2.24) is 14.8 Å². The van der Waals surface area contributed by atoms with Crippen molar-refractivity contribution in [3.63, 3.8) is 0 Å². The number of rotatable bonds is 7. The number of nitrogens with zero attached hydrogens (tertiary/aromatic N) is 3. The SMILES string of the molecule is CC[C@H](O)Cn1nc(CCSC)nc1-c1ccc2c(c1)OCCO2. The fourth-order valence-corrected chi connectivity index (χ4v) is 2.93. The van der Waals surface area contributed by atoms with Crippen LogP contribution in [0, 0.1) is 0 Å². The predicted molar refractivity (Wildman–Crippen MR) is 94.8 cm³/mol. The van der Waals surface area contributed by atoms with Gasteiger partial charge in [-0.3, -0.25) is 0 Å². The molecule has 0 fully saturated rings. The zero-order chi connectivity index (χ0) is 16.9. The lowest BCUT2D eigenvalue weighted by Crippen LogP contribution is -2.17. The quantitative estimate of drug-likeness (QED) is 0.828. The third-order valence-electron chi connectivity index (χ3n) is 3.90. The Bertz CT molecular complexity index is 690. The summed E-state index contributed by atoms with van der Waals surface area (Å²) in [4.78, 5) is 4.69. The van der Waals surface area contributed by atoms with E-state index in [1.54, 1.807) is 16.4 Å². The molecule has 0 radical (unpaired) electrons. The molecule has 1 aromatic carbocycles. The fourth-order valence-electron chi connectivity index (χ4n) is 2.54. The van der Waals surface area contributed by atoms with Crippen LogP contribution in [0.2, 0.25) is 0 Å². The summed E-state index contributed by atoms with van der Waals surface area (Å²) in [6, 6.07) is 5.80. The number of fused-ring (bicyclic) bond motifs is 1. The number of aliphatic hydroxyl groups is 1. The molecule has 130 valence electrons. The maximum atomic E-state index is 10.0.